The molecule has 0 aliphatic heterocycles. The van der Waals surface area contributed by atoms with Gasteiger partial charge < -0.3 is 10.0 Å². The molecule has 0 aliphatic carbocycles. The summed E-state index contributed by atoms with van der Waals surface area (Å²) >= 11 is 0. The van der Waals surface area contributed by atoms with Gasteiger partial charge in [0.1, 0.15) is 12.1 Å². The molecule has 6 nitrogen and oxygen atoms in total. The number of hydrogen-bond acceptors (Lipinski definition) is 4. The fraction of sp³-hybridized carbons (Fsp3) is 0.400. The molecule has 0 unspecified atom stereocenters. The Morgan fingerprint density at radius 2 is 2.24 bits per heavy atom. The maximum absolute atomic E-state index is 11.0. The lowest BCUT2D eigenvalue weighted by Gasteiger charge is -2.20. The van der Waals surface area contributed by atoms with Gasteiger partial charge >= 0.3 is 5.97 Å². The number of rotatable bonds is 5. The third-order valence-corrected chi connectivity index (χ3v) is 3.11. The van der Waals surface area contributed by atoms with E-state index in [4.69, 9.17) is 5.11 Å². The molecule has 0 aliphatic rings. The summed E-state index contributed by atoms with van der Waals surface area (Å²) in [7, 11) is 0. The highest BCUT2D eigenvalue weighted by atomic mass is 16.4. The Morgan fingerprint density at radius 3 is 2.81 bits per heavy atom. The first kappa shape index (κ1) is 15.0. The first-order chi connectivity index (χ1) is 9.82. The normalized spacial score (nSPS) is 11.6. The van der Waals surface area contributed by atoms with E-state index >= 15 is 0 Å². The van der Waals surface area contributed by atoms with Crippen LogP contribution in [0.4, 0.5) is 5.82 Å². The molecule has 0 saturated carbocycles. The average molecular weight is 288 g/mol. The molecule has 2 aromatic heterocycles. The zero-order chi connectivity index (χ0) is 15.6. The van der Waals surface area contributed by atoms with Gasteiger partial charge in [-0.15, -0.1) is 6.58 Å². The van der Waals surface area contributed by atoms with Crippen molar-refractivity contribution in [2.24, 2.45) is 0 Å². The largest absolute Gasteiger partial charge is 0.480 e. The van der Waals surface area contributed by atoms with Gasteiger partial charge in [0.2, 0.25) is 0 Å². The molecule has 0 amide bonds. The number of hydrogen-bond donors (Lipinski definition) is 1. The SMILES string of the molecule is C=CCN(CC(=O)O)c1nccn2nc(C(C)(C)C)cc12. The Morgan fingerprint density at radius 1 is 1.52 bits per heavy atom. The monoisotopic (exact) mass is 288 g/mol. The molecule has 0 atom stereocenters. The lowest BCUT2D eigenvalue weighted by molar-refractivity contribution is -0.135. The summed E-state index contributed by atoms with van der Waals surface area (Å²) in [6.07, 6.45) is 5.05. The molecule has 1 N–H and O–H groups in total. The van der Waals surface area contributed by atoms with Crippen LogP contribution in [0.3, 0.4) is 0 Å². The maximum atomic E-state index is 11.0. The van der Waals surface area contributed by atoms with Crippen LogP contribution in [0.2, 0.25) is 0 Å². The van der Waals surface area contributed by atoms with Gasteiger partial charge in [0.05, 0.1) is 5.69 Å². The van der Waals surface area contributed by atoms with Crippen molar-refractivity contribution in [2.75, 3.05) is 18.0 Å². The average Bonchev–Trinajstić information content (AvgIpc) is 2.81. The molecule has 2 heterocycles. The maximum Gasteiger partial charge on any atom is 0.323 e. The number of carboxylic acids is 1. The number of carboxylic acid groups (broad SMARTS) is 1. The molecule has 0 saturated heterocycles. The fourth-order valence-corrected chi connectivity index (χ4v) is 2.06. The van der Waals surface area contributed by atoms with Gasteiger partial charge in [0, 0.05) is 24.4 Å². The Balaban J connectivity index is 2.54. The number of aliphatic carboxylic acids is 1. The zero-order valence-electron chi connectivity index (χ0n) is 12.6. The van der Waals surface area contributed by atoms with Crippen LogP contribution in [-0.2, 0) is 10.2 Å². The molecule has 0 spiro atoms. The van der Waals surface area contributed by atoms with Gasteiger partial charge in [0.15, 0.2) is 5.82 Å². The summed E-state index contributed by atoms with van der Waals surface area (Å²) < 4.78 is 1.74. The predicted molar refractivity (Wildman–Crippen MR) is 81.7 cm³/mol. The first-order valence-corrected chi connectivity index (χ1v) is 6.75. The molecule has 6 heteroatoms. The smallest absolute Gasteiger partial charge is 0.323 e. The minimum atomic E-state index is -0.906. The number of nitrogens with zero attached hydrogens (tertiary/aromatic N) is 4. The van der Waals surface area contributed by atoms with E-state index < -0.39 is 5.97 Å². The molecule has 21 heavy (non-hydrogen) atoms. The van der Waals surface area contributed by atoms with Crippen molar-refractivity contribution in [1.29, 1.82) is 0 Å². The molecule has 2 rings (SSSR count). The van der Waals surface area contributed by atoms with Crippen LogP contribution in [0.15, 0.2) is 31.1 Å². The second-order valence-corrected chi connectivity index (χ2v) is 5.92. The molecule has 112 valence electrons. The lowest BCUT2D eigenvalue weighted by Crippen LogP contribution is -2.30. The van der Waals surface area contributed by atoms with Gasteiger partial charge in [-0.1, -0.05) is 26.8 Å². The Bertz CT molecular complexity index is 670. The minimum Gasteiger partial charge on any atom is -0.480 e. The van der Waals surface area contributed by atoms with E-state index in [2.05, 4.69) is 37.4 Å². The van der Waals surface area contributed by atoms with Gasteiger partial charge in [-0.2, -0.15) is 5.10 Å². The van der Waals surface area contributed by atoms with Crippen LogP contribution >= 0.6 is 0 Å². The zero-order valence-corrected chi connectivity index (χ0v) is 12.6. The van der Waals surface area contributed by atoms with E-state index in [1.165, 1.54) is 0 Å². The van der Waals surface area contributed by atoms with E-state index in [0.29, 0.717) is 12.4 Å². The number of aromatic nitrogens is 3. The highest BCUT2D eigenvalue weighted by Gasteiger charge is 2.21. The summed E-state index contributed by atoms with van der Waals surface area (Å²) in [4.78, 5) is 17.0. The van der Waals surface area contributed by atoms with Crippen LogP contribution in [0, 0.1) is 0 Å². The molecular weight excluding hydrogens is 268 g/mol. The topological polar surface area (TPSA) is 70.7 Å². The minimum absolute atomic E-state index is 0.0840. The van der Waals surface area contributed by atoms with Crippen molar-refractivity contribution in [3.05, 3.63) is 36.8 Å². The van der Waals surface area contributed by atoms with Crippen molar-refractivity contribution in [3.63, 3.8) is 0 Å². The summed E-state index contributed by atoms with van der Waals surface area (Å²) in [6, 6.07) is 1.96. The third-order valence-electron chi connectivity index (χ3n) is 3.11. The first-order valence-electron chi connectivity index (χ1n) is 6.75. The van der Waals surface area contributed by atoms with Gasteiger partial charge in [0.25, 0.3) is 0 Å². The van der Waals surface area contributed by atoms with Crippen molar-refractivity contribution < 1.29 is 9.90 Å². The van der Waals surface area contributed by atoms with E-state index in [0.717, 1.165) is 11.2 Å². The summed E-state index contributed by atoms with van der Waals surface area (Å²) in [5, 5.41) is 13.6. The van der Waals surface area contributed by atoms with Crippen molar-refractivity contribution >= 4 is 17.3 Å². The molecule has 2 aromatic rings. The van der Waals surface area contributed by atoms with Gasteiger partial charge in [-0.05, 0) is 6.07 Å². The van der Waals surface area contributed by atoms with E-state index in [9.17, 15) is 4.79 Å². The van der Waals surface area contributed by atoms with Crippen LogP contribution < -0.4 is 4.90 Å². The molecule has 0 aromatic carbocycles. The van der Waals surface area contributed by atoms with Crippen LogP contribution in [0.25, 0.3) is 5.52 Å². The highest BCUT2D eigenvalue weighted by molar-refractivity contribution is 5.77. The number of fused-ring (bicyclic) bond motifs is 1. The highest BCUT2D eigenvalue weighted by Crippen LogP contribution is 2.26. The number of carbonyl (C=O) groups is 1. The quantitative estimate of drug-likeness (QED) is 0.853. The second kappa shape index (κ2) is 5.55. The second-order valence-electron chi connectivity index (χ2n) is 5.92. The predicted octanol–water partition coefficient (Wildman–Crippen LogP) is 2.10. The van der Waals surface area contributed by atoms with Crippen molar-refractivity contribution in [2.45, 2.75) is 26.2 Å². The van der Waals surface area contributed by atoms with Crippen molar-refractivity contribution in [3.8, 4) is 0 Å². The van der Waals surface area contributed by atoms with Crippen molar-refractivity contribution in [1.82, 2.24) is 14.6 Å². The van der Waals surface area contributed by atoms with Gasteiger partial charge in [-0.25, -0.2) is 9.50 Å². The Labute approximate surface area is 123 Å². The molecule has 0 fully saturated rings. The lowest BCUT2D eigenvalue weighted by atomic mass is 9.92. The Hall–Kier alpha value is -2.37. The number of anilines is 1. The van der Waals surface area contributed by atoms with E-state index in [1.54, 1.807) is 27.9 Å². The van der Waals surface area contributed by atoms with Crippen LogP contribution in [0.1, 0.15) is 26.5 Å². The third kappa shape index (κ3) is 3.21. The van der Waals surface area contributed by atoms with Gasteiger partial charge in [-0.3, -0.25) is 4.79 Å². The summed E-state index contributed by atoms with van der Waals surface area (Å²) in [5.74, 6) is -0.306. The fourth-order valence-electron chi connectivity index (χ4n) is 2.06. The van der Waals surface area contributed by atoms with Crippen LogP contribution in [-0.4, -0.2) is 38.8 Å². The standard InChI is InChI=1S/C15H20N4O2/c1-5-7-18(10-13(20)21)14-11-9-12(15(2,3)4)17-19(11)8-6-16-14/h5-6,8-9H,1,7,10H2,2-4H3,(H,20,21). The summed E-state index contributed by atoms with van der Waals surface area (Å²) in [5.41, 5.74) is 1.65. The Kier molecular flexibility index (Phi) is 3.97. The summed E-state index contributed by atoms with van der Waals surface area (Å²) in [6.45, 7) is 10.2. The molecular formula is C15H20N4O2. The van der Waals surface area contributed by atoms with E-state index in [-0.39, 0.29) is 12.0 Å². The van der Waals surface area contributed by atoms with Crippen LogP contribution in [0.5, 0.6) is 0 Å². The molecule has 0 radical (unpaired) electrons. The van der Waals surface area contributed by atoms with E-state index in [1.807, 2.05) is 6.07 Å². The molecule has 0 bridgehead atoms.